The second kappa shape index (κ2) is 4.04. The first-order valence-electron chi connectivity index (χ1n) is 4.13. The predicted octanol–water partition coefficient (Wildman–Crippen LogP) is 1.36. The molecule has 2 aromatic heterocycles. The van der Waals surface area contributed by atoms with Crippen molar-refractivity contribution in [3.63, 3.8) is 0 Å². The molecule has 0 spiro atoms. The molecule has 0 aliphatic rings. The van der Waals surface area contributed by atoms with Gasteiger partial charge in [-0.1, -0.05) is 0 Å². The van der Waals surface area contributed by atoms with E-state index in [1.807, 2.05) is 11.4 Å². The van der Waals surface area contributed by atoms with E-state index in [9.17, 15) is 0 Å². The summed E-state index contributed by atoms with van der Waals surface area (Å²) in [5.41, 5.74) is 3.51. The van der Waals surface area contributed by atoms with E-state index in [-0.39, 0.29) is 0 Å². The maximum absolute atomic E-state index is 8.77. The highest BCUT2D eigenvalue weighted by Crippen LogP contribution is 2.22. The molecule has 5 nitrogen and oxygen atoms in total. The largest absolute Gasteiger partial charge is 0.307 e. The number of nitrogens with zero attached hydrogens (tertiary/aromatic N) is 3. The van der Waals surface area contributed by atoms with Gasteiger partial charge < -0.3 is 5.43 Å². The van der Waals surface area contributed by atoms with Crippen LogP contribution in [0.15, 0.2) is 23.7 Å². The van der Waals surface area contributed by atoms with E-state index in [0.29, 0.717) is 17.1 Å². The van der Waals surface area contributed by atoms with Gasteiger partial charge in [0, 0.05) is 11.6 Å². The lowest BCUT2D eigenvalue weighted by molar-refractivity contribution is 1.21. The molecule has 6 heteroatoms. The van der Waals surface area contributed by atoms with Crippen molar-refractivity contribution in [2.45, 2.75) is 0 Å². The maximum atomic E-state index is 8.77. The molecule has 0 aromatic carbocycles. The highest BCUT2D eigenvalue weighted by molar-refractivity contribution is 7.13. The van der Waals surface area contributed by atoms with Crippen molar-refractivity contribution in [3.05, 3.63) is 29.3 Å². The van der Waals surface area contributed by atoms with Crippen molar-refractivity contribution >= 4 is 17.2 Å². The van der Waals surface area contributed by atoms with Crippen molar-refractivity contribution in [1.82, 2.24) is 9.97 Å². The molecule has 0 aliphatic carbocycles. The van der Waals surface area contributed by atoms with E-state index >= 15 is 0 Å². The fraction of sp³-hybridized carbons (Fsp3) is 0. The first kappa shape index (κ1) is 9.58. The minimum Gasteiger partial charge on any atom is -0.307 e. The molecule has 0 saturated heterocycles. The van der Waals surface area contributed by atoms with Gasteiger partial charge in [-0.2, -0.15) is 5.26 Å². The van der Waals surface area contributed by atoms with Gasteiger partial charge in [0.15, 0.2) is 5.82 Å². The molecular weight excluding hydrogens is 210 g/mol. The van der Waals surface area contributed by atoms with Crippen LogP contribution in [-0.4, -0.2) is 9.97 Å². The number of nitrogens with two attached hydrogens (primary N) is 1. The summed E-state index contributed by atoms with van der Waals surface area (Å²) in [6, 6.07) is 5.41. The lowest BCUT2D eigenvalue weighted by Crippen LogP contribution is -2.10. The third-order valence-electron chi connectivity index (χ3n) is 1.80. The fourth-order valence-corrected chi connectivity index (χ4v) is 1.74. The summed E-state index contributed by atoms with van der Waals surface area (Å²) in [6.45, 7) is 0. The van der Waals surface area contributed by atoms with Gasteiger partial charge in [-0.3, -0.25) is 0 Å². The zero-order chi connectivity index (χ0) is 10.7. The minimum atomic E-state index is 0.366. The van der Waals surface area contributed by atoms with Crippen LogP contribution in [0.1, 0.15) is 5.56 Å². The highest BCUT2D eigenvalue weighted by atomic mass is 32.1. The maximum Gasteiger partial charge on any atom is 0.158 e. The van der Waals surface area contributed by atoms with Gasteiger partial charge in [0.25, 0.3) is 0 Å². The molecule has 15 heavy (non-hydrogen) atoms. The lowest BCUT2D eigenvalue weighted by Gasteiger charge is -2.03. The number of pyridine rings is 1. The van der Waals surface area contributed by atoms with Gasteiger partial charge in [-0.05, 0) is 12.1 Å². The van der Waals surface area contributed by atoms with Crippen LogP contribution in [0.5, 0.6) is 0 Å². The Morgan fingerprint density at radius 2 is 2.33 bits per heavy atom. The SMILES string of the molecule is N#Cc1ccc(-c2nccs2)nc1NN. The monoisotopic (exact) mass is 217 g/mol. The number of hydrogen-bond acceptors (Lipinski definition) is 6. The van der Waals surface area contributed by atoms with Crippen LogP contribution in [0, 0.1) is 11.3 Å². The number of nitriles is 1. The number of hydrogen-bond donors (Lipinski definition) is 2. The topological polar surface area (TPSA) is 87.6 Å². The zero-order valence-corrected chi connectivity index (χ0v) is 8.45. The lowest BCUT2D eigenvalue weighted by atomic mass is 10.2. The molecule has 0 amide bonds. The molecule has 0 atom stereocenters. The van der Waals surface area contributed by atoms with Gasteiger partial charge in [0.1, 0.15) is 16.8 Å². The Bertz CT molecular complexity index is 500. The fourth-order valence-electron chi connectivity index (χ4n) is 1.13. The molecule has 0 aliphatic heterocycles. The zero-order valence-electron chi connectivity index (χ0n) is 7.64. The molecule has 2 rings (SSSR count). The van der Waals surface area contributed by atoms with Crippen LogP contribution < -0.4 is 11.3 Å². The van der Waals surface area contributed by atoms with Crippen LogP contribution in [0.3, 0.4) is 0 Å². The van der Waals surface area contributed by atoms with Crippen molar-refractivity contribution in [2.75, 3.05) is 5.43 Å². The second-order valence-corrected chi connectivity index (χ2v) is 3.58. The average molecular weight is 217 g/mol. The van der Waals surface area contributed by atoms with Crippen LogP contribution in [-0.2, 0) is 0 Å². The number of nitrogen functional groups attached to an aromatic ring is 1. The number of hydrazine groups is 1. The van der Waals surface area contributed by atoms with Crippen molar-refractivity contribution in [2.24, 2.45) is 5.84 Å². The molecule has 0 fully saturated rings. The summed E-state index contributed by atoms with van der Waals surface area (Å²) in [6.07, 6.45) is 1.70. The molecule has 0 unspecified atom stereocenters. The summed E-state index contributed by atoms with van der Waals surface area (Å²) in [5.74, 6) is 5.63. The normalized spacial score (nSPS) is 9.60. The molecule has 0 saturated carbocycles. The standard InChI is InChI=1S/C9H7N5S/c10-5-6-1-2-7(13-8(6)14-11)9-12-3-4-15-9/h1-4H,11H2,(H,13,14). The number of anilines is 1. The van der Waals surface area contributed by atoms with E-state index in [0.717, 1.165) is 5.01 Å². The number of rotatable bonds is 2. The second-order valence-electron chi connectivity index (χ2n) is 2.69. The summed E-state index contributed by atoms with van der Waals surface area (Å²) >= 11 is 1.48. The molecule has 2 aromatic rings. The third-order valence-corrected chi connectivity index (χ3v) is 2.60. The van der Waals surface area contributed by atoms with Gasteiger partial charge in [0.2, 0.25) is 0 Å². The van der Waals surface area contributed by atoms with E-state index in [1.165, 1.54) is 11.3 Å². The predicted molar refractivity (Wildman–Crippen MR) is 57.9 cm³/mol. The van der Waals surface area contributed by atoms with Crippen LogP contribution in [0.25, 0.3) is 10.7 Å². The number of thiazole rings is 1. The Kier molecular flexibility index (Phi) is 2.58. The Morgan fingerprint density at radius 1 is 1.47 bits per heavy atom. The first-order valence-corrected chi connectivity index (χ1v) is 5.00. The first-order chi connectivity index (χ1) is 7.35. The van der Waals surface area contributed by atoms with E-state index in [1.54, 1.807) is 18.3 Å². The third kappa shape index (κ3) is 1.79. The van der Waals surface area contributed by atoms with Crippen molar-refractivity contribution < 1.29 is 0 Å². The Balaban J connectivity index is 2.49. The van der Waals surface area contributed by atoms with Gasteiger partial charge >= 0.3 is 0 Å². The quantitative estimate of drug-likeness (QED) is 0.585. The van der Waals surface area contributed by atoms with Crippen molar-refractivity contribution in [1.29, 1.82) is 5.26 Å². The molecule has 74 valence electrons. The van der Waals surface area contributed by atoms with Crippen molar-refractivity contribution in [3.8, 4) is 16.8 Å². The van der Waals surface area contributed by atoms with Gasteiger partial charge in [-0.25, -0.2) is 15.8 Å². The molecule has 2 heterocycles. The Labute approximate surface area is 90.2 Å². The molecular formula is C9H7N5S. The smallest absolute Gasteiger partial charge is 0.158 e. The summed E-state index contributed by atoms with van der Waals surface area (Å²) in [4.78, 5) is 8.32. The van der Waals surface area contributed by atoms with Crippen LogP contribution >= 0.6 is 11.3 Å². The summed E-state index contributed by atoms with van der Waals surface area (Å²) in [7, 11) is 0. The summed E-state index contributed by atoms with van der Waals surface area (Å²) in [5, 5.41) is 11.4. The summed E-state index contributed by atoms with van der Waals surface area (Å²) < 4.78 is 0. The Morgan fingerprint density at radius 3 is 2.93 bits per heavy atom. The van der Waals surface area contributed by atoms with Crippen LogP contribution in [0.4, 0.5) is 5.82 Å². The minimum absolute atomic E-state index is 0.366. The Hall–Kier alpha value is -1.97. The molecule has 0 radical (unpaired) electrons. The molecule has 3 N–H and O–H groups in total. The van der Waals surface area contributed by atoms with Gasteiger partial charge in [0.05, 0.1) is 5.56 Å². The van der Waals surface area contributed by atoms with E-state index < -0.39 is 0 Å². The highest BCUT2D eigenvalue weighted by Gasteiger charge is 2.07. The van der Waals surface area contributed by atoms with Crippen LogP contribution in [0.2, 0.25) is 0 Å². The number of aromatic nitrogens is 2. The van der Waals surface area contributed by atoms with E-state index in [2.05, 4.69) is 15.4 Å². The average Bonchev–Trinajstić information content (AvgIpc) is 2.81. The van der Waals surface area contributed by atoms with Gasteiger partial charge in [-0.15, -0.1) is 11.3 Å². The number of nitrogens with one attached hydrogen (secondary N) is 1. The van der Waals surface area contributed by atoms with E-state index in [4.69, 9.17) is 11.1 Å². The molecule has 0 bridgehead atoms.